The Bertz CT molecular complexity index is 1410. The van der Waals surface area contributed by atoms with Crippen LogP contribution in [0.3, 0.4) is 0 Å². The van der Waals surface area contributed by atoms with E-state index in [0.29, 0.717) is 0 Å². The predicted molar refractivity (Wildman–Crippen MR) is 125 cm³/mol. The van der Waals surface area contributed by atoms with Crippen LogP contribution in [-0.4, -0.2) is 39.5 Å². The molecule has 0 saturated carbocycles. The molecule has 3 aromatic rings. The SMILES string of the molecule is CCn1c(=O)c(C(=O)COc2ccc(C(=O)OC)cc2[N+](=O)[O-])c(N)n(Cc2ccccc2)c1=O. The average Bonchev–Trinajstić information content (AvgIpc) is 2.85. The number of ether oxygens (including phenoxy) is 2. The summed E-state index contributed by atoms with van der Waals surface area (Å²) in [5, 5.41) is 11.4. The van der Waals surface area contributed by atoms with Crippen LogP contribution in [-0.2, 0) is 17.8 Å². The summed E-state index contributed by atoms with van der Waals surface area (Å²) >= 11 is 0. The highest BCUT2D eigenvalue weighted by atomic mass is 16.6. The molecular weight excluding hydrogens is 460 g/mol. The first-order valence-electron chi connectivity index (χ1n) is 10.4. The molecule has 0 atom stereocenters. The van der Waals surface area contributed by atoms with Gasteiger partial charge in [0.2, 0.25) is 5.78 Å². The maximum Gasteiger partial charge on any atom is 0.338 e. The number of Topliss-reactive ketones (excluding diaryl/α,β-unsaturated/α-hetero) is 1. The number of esters is 1. The van der Waals surface area contributed by atoms with Crippen molar-refractivity contribution in [3.05, 3.63) is 96.2 Å². The normalized spacial score (nSPS) is 10.6. The molecule has 2 aromatic carbocycles. The third-order valence-electron chi connectivity index (χ3n) is 5.18. The first-order valence-corrected chi connectivity index (χ1v) is 10.4. The molecule has 0 saturated heterocycles. The van der Waals surface area contributed by atoms with Crippen molar-refractivity contribution in [1.29, 1.82) is 0 Å². The number of nitro groups is 1. The van der Waals surface area contributed by atoms with Crippen molar-refractivity contribution in [3.63, 3.8) is 0 Å². The molecule has 0 fully saturated rings. The third kappa shape index (κ3) is 5.11. The van der Waals surface area contributed by atoms with Gasteiger partial charge in [-0.3, -0.25) is 28.8 Å². The molecule has 0 unspecified atom stereocenters. The van der Waals surface area contributed by atoms with Crippen molar-refractivity contribution in [2.45, 2.75) is 20.0 Å². The van der Waals surface area contributed by atoms with E-state index in [9.17, 15) is 29.3 Å². The van der Waals surface area contributed by atoms with Gasteiger partial charge in [0.05, 0.1) is 24.1 Å². The molecule has 0 aliphatic carbocycles. The molecule has 12 heteroatoms. The number of benzene rings is 2. The van der Waals surface area contributed by atoms with Crippen molar-refractivity contribution in [2.24, 2.45) is 0 Å². The number of hydrogen-bond acceptors (Lipinski definition) is 9. The highest BCUT2D eigenvalue weighted by Crippen LogP contribution is 2.28. The maximum atomic E-state index is 13.0. The first kappa shape index (κ1) is 24.9. The zero-order valence-electron chi connectivity index (χ0n) is 18.9. The molecule has 0 aliphatic heterocycles. The summed E-state index contributed by atoms with van der Waals surface area (Å²) in [7, 11) is 1.13. The number of rotatable bonds is 9. The highest BCUT2D eigenvalue weighted by molar-refractivity contribution is 6.00. The summed E-state index contributed by atoms with van der Waals surface area (Å²) in [6.45, 7) is 0.815. The van der Waals surface area contributed by atoms with E-state index in [1.54, 1.807) is 37.3 Å². The summed E-state index contributed by atoms with van der Waals surface area (Å²) in [5.41, 5.74) is 4.13. The molecule has 0 spiro atoms. The monoisotopic (exact) mass is 482 g/mol. The highest BCUT2D eigenvalue weighted by Gasteiger charge is 2.25. The molecule has 0 bridgehead atoms. The van der Waals surface area contributed by atoms with E-state index >= 15 is 0 Å². The fraction of sp³-hybridized carbons (Fsp3) is 0.217. The Labute approximate surface area is 198 Å². The van der Waals surface area contributed by atoms with Gasteiger partial charge in [-0.25, -0.2) is 9.59 Å². The van der Waals surface area contributed by atoms with Crippen LogP contribution in [0.4, 0.5) is 11.5 Å². The number of ketones is 1. The molecule has 3 rings (SSSR count). The van der Waals surface area contributed by atoms with Crippen LogP contribution < -0.4 is 21.7 Å². The Morgan fingerprint density at radius 2 is 1.77 bits per heavy atom. The van der Waals surface area contributed by atoms with Gasteiger partial charge in [-0.05, 0) is 24.6 Å². The molecule has 0 aliphatic rings. The minimum absolute atomic E-state index is 0.00562. The number of carbonyl (C=O) groups is 2. The van der Waals surface area contributed by atoms with Crippen molar-refractivity contribution in [2.75, 3.05) is 19.5 Å². The maximum absolute atomic E-state index is 13.0. The van der Waals surface area contributed by atoms with Gasteiger partial charge in [-0.15, -0.1) is 0 Å². The molecule has 1 aromatic heterocycles. The second kappa shape index (κ2) is 10.5. The molecule has 182 valence electrons. The second-order valence-corrected chi connectivity index (χ2v) is 7.31. The number of aromatic nitrogens is 2. The molecular formula is C23H22N4O8. The largest absolute Gasteiger partial charge is 0.478 e. The number of nitro benzene ring substituents is 1. The number of nitrogen functional groups attached to an aromatic ring is 1. The summed E-state index contributed by atoms with van der Waals surface area (Å²) in [6, 6.07) is 12.2. The van der Waals surface area contributed by atoms with Crippen LogP contribution in [0.1, 0.15) is 33.2 Å². The van der Waals surface area contributed by atoms with Crippen LogP contribution in [0.15, 0.2) is 58.1 Å². The summed E-state index contributed by atoms with van der Waals surface area (Å²) in [6.07, 6.45) is 0. The van der Waals surface area contributed by atoms with Gasteiger partial charge in [-0.2, -0.15) is 0 Å². The number of carbonyl (C=O) groups excluding carboxylic acids is 2. The summed E-state index contributed by atoms with van der Waals surface area (Å²) in [5.74, 6) is -2.30. The van der Waals surface area contributed by atoms with E-state index < -0.39 is 45.8 Å². The smallest absolute Gasteiger partial charge is 0.338 e. The molecule has 2 N–H and O–H groups in total. The fourth-order valence-electron chi connectivity index (χ4n) is 3.42. The standard InChI is InChI=1S/C23H22N4O8/c1-3-25-21(29)19(20(24)26(23(25)31)12-14-7-5-4-6-8-14)17(28)13-35-18-10-9-15(22(30)34-2)11-16(18)27(32)33/h4-11H,3,12-13,24H2,1-2H3. The molecule has 1 heterocycles. The third-order valence-corrected chi connectivity index (χ3v) is 5.18. The van der Waals surface area contributed by atoms with Crippen molar-refractivity contribution >= 4 is 23.3 Å². The van der Waals surface area contributed by atoms with E-state index in [0.717, 1.165) is 33.9 Å². The summed E-state index contributed by atoms with van der Waals surface area (Å²) in [4.78, 5) is 60.9. The number of nitrogens with zero attached hydrogens (tertiary/aromatic N) is 3. The van der Waals surface area contributed by atoms with Crippen molar-refractivity contribution < 1.29 is 24.0 Å². The number of anilines is 1. The van der Waals surface area contributed by atoms with Gasteiger partial charge in [0.1, 0.15) is 11.4 Å². The lowest BCUT2D eigenvalue weighted by atomic mass is 10.1. The first-order chi connectivity index (χ1) is 16.7. The number of methoxy groups -OCH3 is 1. The average molecular weight is 482 g/mol. The lowest BCUT2D eigenvalue weighted by molar-refractivity contribution is -0.385. The zero-order chi connectivity index (χ0) is 25.7. The lowest BCUT2D eigenvalue weighted by Gasteiger charge is -2.16. The number of hydrogen-bond donors (Lipinski definition) is 1. The van der Waals surface area contributed by atoms with Gasteiger partial charge in [0.25, 0.3) is 5.56 Å². The van der Waals surface area contributed by atoms with Crippen LogP contribution in [0.2, 0.25) is 0 Å². The zero-order valence-corrected chi connectivity index (χ0v) is 18.9. The van der Waals surface area contributed by atoms with Gasteiger partial charge in [0, 0.05) is 12.6 Å². The minimum Gasteiger partial charge on any atom is -0.478 e. The van der Waals surface area contributed by atoms with Crippen LogP contribution >= 0.6 is 0 Å². The Hall–Kier alpha value is -4.74. The Kier molecular flexibility index (Phi) is 7.44. The lowest BCUT2D eigenvalue weighted by Crippen LogP contribution is -2.44. The molecule has 12 nitrogen and oxygen atoms in total. The van der Waals surface area contributed by atoms with E-state index in [4.69, 9.17) is 10.5 Å². The fourth-order valence-corrected chi connectivity index (χ4v) is 3.42. The van der Waals surface area contributed by atoms with Crippen LogP contribution in [0.25, 0.3) is 0 Å². The topological polar surface area (TPSA) is 166 Å². The van der Waals surface area contributed by atoms with Gasteiger partial charge in [0.15, 0.2) is 12.4 Å². The molecule has 0 radical (unpaired) electrons. The Morgan fingerprint density at radius 3 is 2.37 bits per heavy atom. The Balaban J connectivity index is 1.97. The van der Waals surface area contributed by atoms with Gasteiger partial charge < -0.3 is 15.2 Å². The quantitative estimate of drug-likeness (QED) is 0.206. The van der Waals surface area contributed by atoms with Crippen molar-refractivity contribution in [3.8, 4) is 5.75 Å². The van der Waals surface area contributed by atoms with E-state index in [1.165, 1.54) is 6.07 Å². The van der Waals surface area contributed by atoms with E-state index in [1.807, 2.05) is 0 Å². The van der Waals surface area contributed by atoms with E-state index in [-0.39, 0.29) is 30.2 Å². The molecule has 0 amide bonds. The summed E-state index contributed by atoms with van der Waals surface area (Å²) < 4.78 is 11.9. The number of nitrogens with two attached hydrogens (primary N) is 1. The van der Waals surface area contributed by atoms with Crippen LogP contribution in [0.5, 0.6) is 5.75 Å². The van der Waals surface area contributed by atoms with Crippen LogP contribution in [0, 0.1) is 10.1 Å². The molecule has 35 heavy (non-hydrogen) atoms. The van der Waals surface area contributed by atoms with Gasteiger partial charge >= 0.3 is 17.3 Å². The van der Waals surface area contributed by atoms with Gasteiger partial charge in [-0.1, -0.05) is 30.3 Å². The van der Waals surface area contributed by atoms with E-state index in [2.05, 4.69) is 4.74 Å². The minimum atomic E-state index is -0.886. The Morgan fingerprint density at radius 1 is 1.09 bits per heavy atom. The van der Waals surface area contributed by atoms with Crippen molar-refractivity contribution in [1.82, 2.24) is 9.13 Å². The second-order valence-electron chi connectivity index (χ2n) is 7.31. The predicted octanol–water partition coefficient (Wildman–Crippen LogP) is 1.62.